The van der Waals surface area contributed by atoms with Crippen LogP contribution in [0.3, 0.4) is 0 Å². The highest BCUT2D eigenvalue weighted by molar-refractivity contribution is 6.15. The number of hydrogen-bond acceptors (Lipinski definition) is 3. The van der Waals surface area contributed by atoms with Gasteiger partial charge in [-0.2, -0.15) is 13.2 Å². The Balaban J connectivity index is 1.87. The normalized spacial score (nSPS) is 11.9. The molecule has 0 saturated carbocycles. The summed E-state index contributed by atoms with van der Waals surface area (Å²) in [5.74, 6) is -0.524. The molecule has 0 atom stereocenters. The highest BCUT2D eigenvalue weighted by Crippen LogP contribution is 2.36. The average Bonchev–Trinajstić information content (AvgIpc) is 3.06. The lowest BCUT2D eigenvalue weighted by Crippen LogP contribution is -2.08. The van der Waals surface area contributed by atoms with Crippen LogP contribution in [0.15, 0.2) is 54.6 Å². The molecular formula is C23H18F3NO3. The third-order valence-electron chi connectivity index (χ3n) is 5.01. The zero-order valence-electron chi connectivity index (χ0n) is 16.0. The van der Waals surface area contributed by atoms with Gasteiger partial charge < -0.3 is 14.8 Å². The first-order chi connectivity index (χ1) is 14.3. The lowest BCUT2D eigenvalue weighted by Gasteiger charge is -2.08. The Morgan fingerprint density at radius 3 is 2.33 bits per heavy atom. The number of aromatic nitrogens is 1. The van der Waals surface area contributed by atoms with E-state index in [1.165, 1.54) is 18.2 Å². The Bertz CT molecular complexity index is 1240. The maximum Gasteiger partial charge on any atom is 0.416 e. The monoisotopic (exact) mass is 413 g/mol. The molecule has 30 heavy (non-hydrogen) atoms. The number of hydrogen-bond donors (Lipinski definition) is 2. The number of H-pyrrole nitrogens is 1. The molecule has 3 aromatic carbocycles. The number of ether oxygens (including phenoxy) is 1. The number of alkyl halides is 3. The van der Waals surface area contributed by atoms with Crippen molar-refractivity contribution in [1.29, 1.82) is 0 Å². The summed E-state index contributed by atoms with van der Waals surface area (Å²) in [7, 11) is 0. The molecule has 1 heterocycles. The molecule has 0 aliphatic carbocycles. The fraction of sp³-hybridized carbons (Fsp3) is 0.174. The van der Waals surface area contributed by atoms with Gasteiger partial charge in [0.1, 0.15) is 5.75 Å². The second-order valence-electron chi connectivity index (χ2n) is 6.93. The molecule has 0 aliphatic rings. The Hall–Kier alpha value is -3.48. The summed E-state index contributed by atoms with van der Waals surface area (Å²) in [6.07, 6.45) is -4.21. The molecule has 7 heteroatoms. The minimum absolute atomic E-state index is 0.0312. The van der Waals surface area contributed by atoms with Crippen molar-refractivity contribution in [3.05, 3.63) is 77.0 Å². The predicted molar refractivity (Wildman–Crippen MR) is 108 cm³/mol. The first-order valence-corrected chi connectivity index (χ1v) is 9.38. The van der Waals surface area contributed by atoms with Gasteiger partial charge >= 0.3 is 12.1 Å². The van der Waals surface area contributed by atoms with Crippen molar-refractivity contribution in [1.82, 2.24) is 4.98 Å². The number of carbonyl (C=O) groups excluding carboxylic acids is 1. The predicted octanol–water partition coefficient (Wildman–Crippen LogP) is 5.81. The average molecular weight is 413 g/mol. The molecule has 0 bridgehead atoms. The second kappa shape index (κ2) is 7.40. The number of fused-ring (bicyclic) bond motifs is 3. The van der Waals surface area contributed by atoms with Crippen LogP contribution in [-0.2, 0) is 17.3 Å². The van der Waals surface area contributed by atoms with Crippen LogP contribution in [0.1, 0.15) is 34.1 Å². The van der Waals surface area contributed by atoms with E-state index in [0.29, 0.717) is 27.5 Å². The van der Waals surface area contributed by atoms with Gasteiger partial charge in [-0.1, -0.05) is 36.4 Å². The molecule has 0 aliphatic heterocycles. The summed E-state index contributed by atoms with van der Waals surface area (Å²) in [6.45, 7) is 1.86. The minimum Gasteiger partial charge on any atom is -0.507 e. The van der Waals surface area contributed by atoms with Crippen LogP contribution < -0.4 is 0 Å². The van der Waals surface area contributed by atoms with Gasteiger partial charge in [0, 0.05) is 28.3 Å². The van der Waals surface area contributed by atoms with Gasteiger partial charge in [-0.3, -0.25) is 0 Å². The van der Waals surface area contributed by atoms with E-state index in [1.807, 2.05) is 12.1 Å². The lowest BCUT2D eigenvalue weighted by atomic mass is 10.0. The van der Waals surface area contributed by atoms with Gasteiger partial charge in [-0.25, -0.2) is 4.79 Å². The van der Waals surface area contributed by atoms with E-state index in [9.17, 15) is 23.1 Å². The standard InChI is InChI=1S/C23H18F3NO3/c1-2-30-22(29)20-17-12-19(28)15-5-3-4-6-16(15)21(17)27-18(20)11-13-7-9-14(10-8-13)23(24,25)26/h3-10,12,27-28H,2,11H2,1H3. The topological polar surface area (TPSA) is 62.3 Å². The molecular weight excluding hydrogens is 395 g/mol. The molecule has 0 saturated heterocycles. The van der Waals surface area contributed by atoms with E-state index < -0.39 is 17.7 Å². The van der Waals surface area contributed by atoms with Crippen LogP contribution in [0.2, 0.25) is 0 Å². The fourth-order valence-electron chi connectivity index (χ4n) is 3.65. The molecule has 154 valence electrons. The first-order valence-electron chi connectivity index (χ1n) is 9.38. The number of carbonyl (C=O) groups is 1. The van der Waals surface area contributed by atoms with E-state index in [4.69, 9.17) is 4.74 Å². The maximum atomic E-state index is 12.8. The molecule has 0 amide bonds. The van der Waals surface area contributed by atoms with Crippen LogP contribution in [-0.4, -0.2) is 22.7 Å². The second-order valence-corrected chi connectivity index (χ2v) is 6.93. The SMILES string of the molecule is CCOC(=O)c1c(Cc2ccc(C(F)(F)F)cc2)[nH]c2c1cc(O)c1ccccc12. The minimum atomic E-state index is -4.41. The third-order valence-corrected chi connectivity index (χ3v) is 5.01. The molecule has 0 radical (unpaired) electrons. The zero-order valence-corrected chi connectivity index (χ0v) is 16.0. The summed E-state index contributed by atoms with van der Waals surface area (Å²) < 4.78 is 43.7. The quantitative estimate of drug-likeness (QED) is 0.415. The van der Waals surface area contributed by atoms with Crippen molar-refractivity contribution >= 4 is 27.6 Å². The largest absolute Gasteiger partial charge is 0.507 e. The molecule has 4 rings (SSSR count). The van der Waals surface area contributed by atoms with Gasteiger partial charge in [0.15, 0.2) is 0 Å². The Kier molecular flexibility index (Phi) is 4.89. The van der Waals surface area contributed by atoms with Crippen LogP contribution in [0.4, 0.5) is 13.2 Å². The van der Waals surface area contributed by atoms with Crippen molar-refractivity contribution in [3.8, 4) is 5.75 Å². The fourth-order valence-corrected chi connectivity index (χ4v) is 3.65. The summed E-state index contributed by atoms with van der Waals surface area (Å²) in [4.78, 5) is 15.9. The van der Waals surface area contributed by atoms with Crippen molar-refractivity contribution < 1.29 is 27.8 Å². The van der Waals surface area contributed by atoms with E-state index in [1.54, 1.807) is 19.1 Å². The van der Waals surface area contributed by atoms with Gasteiger partial charge in [0.25, 0.3) is 0 Å². The molecule has 0 spiro atoms. The van der Waals surface area contributed by atoms with Crippen LogP contribution >= 0.6 is 0 Å². The molecule has 1 aromatic heterocycles. The number of esters is 1. The number of nitrogens with one attached hydrogen (secondary N) is 1. The van der Waals surface area contributed by atoms with E-state index in [2.05, 4.69) is 4.98 Å². The maximum absolute atomic E-state index is 12.8. The van der Waals surface area contributed by atoms with Crippen molar-refractivity contribution in [2.45, 2.75) is 19.5 Å². The number of aromatic amines is 1. The van der Waals surface area contributed by atoms with E-state index in [0.717, 1.165) is 17.5 Å². The van der Waals surface area contributed by atoms with Crippen molar-refractivity contribution in [3.63, 3.8) is 0 Å². The van der Waals surface area contributed by atoms with E-state index in [-0.39, 0.29) is 24.3 Å². The molecule has 0 unspecified atom stereocenters. The number of aromatic hydroxyl groups is 1. The lowest BCUT2D eigenvalue weighted by molar-refractivity contribution is -0.137. The third kappa shape index (κ3) is 3.47. The number of rotatable bonds is 4. The van der Waals surface area contributed by atoms with Crippen molar-refractivity contribution in [2.24, 2.45) is 0 Å². The van der Waals surface area contributed by atoms with Gasteiger partial charge in [-0.05, 0) is 30.7 Å². The first kappa shape index (κ1) is 19.8. The number of phenolic OH excluding ortho intramolecular Hbond substituents is 1. The van der Waals surface area contributed by atoms with Gasteiger partial charge in [0.05, 0.1) is 23.3 Å². The number of phenols is 1. The Morgan fingerprint density at radius 1 is 1.03 bits per heavy atom. The molecule has 0 fully saturated rings. The van der Waals surface area contributed by atoms with Gasteiger partial charge in [0.2, 0.25) is 0 Å². The Labute approximate surface area is 169 Å². The highest BCUT2D eigenvalue weighted by atomic mass is 19.4. The summed E-state index contributed by atoms with van der Waals surface area (Å²) in [6, 6.07) is 13.5. The van der Waals surface area contributed by atoms with Gasteiger partial charge in [-0.15, -0.1) is 0 Å². The summed E-state index contributed by atoms with van der Waals surface area (Å²) in [5, 5.41) is 12.3. The number of halogens is 3. The van der Waals surface area contributed by atoms with Crippen LogP contribution in [0.5, 0.6) is 5.75 Å². The molecule has 4 nitrogen and oxygen atoms in total. The van der Waals surface area contributed by atoms with Crippen LogP contribution in [0, 0.1) is 0 Å². The van der Waals surface area contributed by atoms with E-state index >= 15 is 0 Å². The van der Waals surface area contributed by atoms with Crippen molar-refractivity contribution in [2.75, 3.05) is 6.61 Å². The zero-order chi connectivity index (χ0) is 21.5. The molecule has 2 N–H and O–H groups in total. The number of benzene rings is 3. The summed E-state index contributed by atoms with van der Waals surface area (Å²) in [5.41, 5.74) is 1.32. The smallest absolute Gasteiger partial charge is 0.416 e. The van der Waals surface area contributed by atoms with Crippen LogP contribution in [0.25, 0.3) is 21.7 Å². The summed E-state index contributed by atoms with van der Waals surface area (Å²) >= 11 is 0. The highest BCUT2D eigenvalue weighted by Gasteiger charge is 2.30. The molecule has 4 aromatic rings. The Morgan fingerprint density at radius 2 is 1.70 bits per heavy atom.